The summed E-state index contributed by atoms with van der Waals surface area (Å²) in [5.74, 6) is 0.772. The van der Waals surface area contributed by atoms with Gasteiger partial charge in [-0.25, -0.2) is 4.39 Å². The van der Waals surface area contributed by atoms with Crippen LogP contribution in [0.15, 0.2) is 48.5 Å². The van der Waals surface area contributed by atoms with Crippen LogP contribution in [0.2, 0.25) is 0 Å². The van der Waals surface area contributed by atoms with Crippen LogP contribution >= 0.6 is 11.6 Å². The summed E-state index contributed by atoms with van der Waals surface area (Å²) in [4.78, 5) is 0. The van der Waals surface area contributed by atoms with Crippen molar-refractivity contribution in [2.45, 2.75) is 11.3 Å². The average molecular weight is 263 g/mol. The summed E-state index contributed by atoms with van der Waals surface area (Å²) < 4.78 is 18.5. The maximum Gasteiger partial charge on any atom is 0.123 e. The molecule has 0 radical (unpaired) electrons. The maximum absolute atomic E-state index is 12.9. The Hall–Kier alpha value is -1.54. The third-order valence-electron chi connectivity index (χ3n) is 3.28. The Kier molecular flexibility index (Phi) is 2.96. The zero-order valence-corrected chi connectivity index (χ0v) is 10.4. The average Bonchev–Trinajstić information content (AvgIpc) is 2.82. The fourth-order valence-corrected chi connectivity index (χ4v) is 2.66. The molecule has 0 aromatic heterocycles. The predicted octanol–water partition coefficient (Wildman–Crippen LogP) is 4.28. The number of ether oxygens (including phenoxy) is 1. The van der Waals surface area contributed by atoms with Crippen molar-refractivity contribution in [3.63, 3.8) is 0 Å². The molecule has 18 heavy (non-hydrogen) atoms. The molecule has 0 spiro atoms. The third-order valence-corrected chi connectivity index (χ3v) is 3.83. The second-order valence-electron chi connectivity index (χ2n) is 4.41. The Morgan fingerprint density at radius 2 is 1.83 bits per heavy atom. The SMILES string of the molecule is Fc1ccc(C(Cl)C2COc3ccccc32)cc1. The molecule has 0 aliphatic carbocycles. The minimum Gasteiger partial charge on any atom is -0.493 e. The number of alkyl halides is 1. The summed E-state index contributed by atoms with van der Waals surface area (Å²) in [6.07, 6.45) is 0. The van der Waals surface area contributed by atoms with Crippen LogP contribution in [0.5, 0.6) is 5.75 Å². The zero-order chi connectivity index (χ0) is 12.5. The highest BCUT2D eigenvalue weighted by molar-refractivity contribution is 6.21. The molecule has 0 saturated carbocycles. The summed E-state index contributed by atoms with van der Waals surface area (Å²) in [6.45, 7) is 0.574. The molecule has 0 saturated heterocycles. The monoisotopic (exact) mass is 262 g/mol. The first-order valence-corrected chi connectivity index (χ1v) is 6.30. The van der Waals surface area contributed by atoms with Gasteiger partial charge in [0.25, 0.3) is 0 Å². The number of hydrogen-bond donors (Lipinski definition) is 0. The van der Waals surface area contributed by atoms with Crippen molar-refractivity contribution < 1.29 is 9.13 Å². The van der Waals surface area contributed by atoms with Gasteiger partial charge in [0.15, 0.2) is 0 Å². The van der Waals surface area contributed by atoms with E-state index < -0.39 is 0 Å². The van der Waals surface area contributed by atoms with Gasteiger partial charge in [-0.05, 0) is 23.8 Å². The van der Waals surface area contributed by atoms with E-state index in [4.69, 9.17) is 16.3 Å². The molecule has 2 atom stereocenters. The van der Waals surface area contributed by atoms with E-state index in [0.29, 0.717) is 6.61 Å². The lowest BCUT2D eigenvalue weighted by atomic mass is 9.93. The Morgan fingerprint density at radius 1 is 1.11 bits per heavy atom. The summed E-state index contributed by atoms with van der Waals surface area (Å²) in [7, 11) is 0. The van der Waals surface area contributed by atoms with Crippen molar-refractivity contribution in [1.29, 1.82) is 0 Å². The van der Waals surface area contributed by atoms with Gasteiger partial charge in [0.05, 0.1) is 12.0 Å². The largest absolute Gasteiger partial charge is 0.493 e. The van der Waals surface area contributed by atoms with Crippen LogP contribution in [-0.4, -0.2) is 6.61 Å². The van der Waals surface area contributed by atoms with Gasteiger partial charge in [0.2, 0.25) is 0 Å². The Bertz CT molecular complexity index is 553. The smallest absolute Gasteiger partial charge is 0.123 e. The molecule has 92 valence electrons. The van der Waals surface area contributed by atoms with E-state index in [1.54, 1.807) is 12.1 Å². The number of fused-ring (bicyclic) bond motifs is 1. The molecule has 0 bridgehead atoms. The summed E-state index contributed by atoms with van der Waals surface area (Å²) in [5.41, 5.74) is 2.05. The molecule has 2 unspecified atom stereocenters. The molecule has 1 aliphatic heterocycles. The molecular weight excluding hydrogens is 251 g/mol. The lowest BCUT2D eigenvalue weighted by Gasteiger charge is -2.16. The van der Waals surface area contributed by atoms with Crippen molar-refractivity contribution >= 4 is 11.6 Å². The Labute approximate surface area is 110 Å². The van der Waals surface area contributed by atoms with Crippen molar-refractivity contribution in [3.05, 3.63) is 65.5 Å². The molecule has 3 heteroatoms. The standard InChI is InChI=1S/C15H12ClFO/c16-15(10-5-7-11(17)8-6-10)13-9-18-14-4-2-1-3-12(13)14/h1-8,13,15H,9H2. The van der Waals surface area contributed by atoms with Crippen molar-refractivity contribution in [3.8, 4) is 5.75 Å². The Morgan fingerprint density at radius 3 is 2.61 bits per heavy atom. The third kappa shape index (κ3) is 1.97. The fraction of sp³-hybridized carbons (Fsp3) is 0.200. The van der Waals surface area contributed by atoms with E-state index in [1.807, 2.05) is 24.3 Å². The lowest BCUT2D eigenvalue weighted by molar-refractivity contribution is 0.328. The van der Waals surface area contributed by atoms with Gasteiger partial charge in [-0.3, -0.25) is 0 Å². The molecule has 2 aromatic carbocycles. The first-order chi connectivity index (χ1) is 8.75. The van der Waals surface area contributed by atoms with E-state index in [0.717, 1.165) is 16.9 Å². The van der Waals surface area contributed by atoms with Crippen molar-refractivity contribution in [1.82, 2.24) is 0 Å². The molecule has 0 fully saturated rings. The summed E-state index contributed by atoms with van der Waals surface area (Å²) in [5, 5.41) is -0.200. The molecule has 0 amide bonds. The van der Waals surface area contributed by atoms with Gasteiger partial charge in [0, 0.05) is 11.5 Å². The van der Waals surface area contributed by atoms with Crippen LogP contribution in [0.4, 0.5) is 4.39 Å². The van der Waals surface area contributed by atoms with Crippen LogP contribution < -0.4 is 4.74 Å². The highest BCUT2D eigenvalue weighted by Gasteiger charge is 2.30. The van der Waals surface area contributed by atoms with Gasteiger partial charge in [-0.15, -0.1) is 11.6 Å². The summed E-state index contributed by atoms with van der Waals surface area (Å²) in [6, 6.07) is 14.2. The molecular formula is C15H12ClFO. The van der Waals surface area contributed by atoms with Crippen LogP contribution in [0, 0.1) is 5.82 Å². The van der Waals surface area contributed by atoms with Crippen molar-refractivity contribution in [2.75, 3.05) is 6.61 Å². The molecule has 1 nitrogen and oxygen atoms in total. The van der Waals surface area contributed by atoms with Gasteiger partial charge >= 0.3 is 0 Å². The molecule has 2 aromatic rings. The summed E-state index contributed by atoms with van der Waals surface area (Å²) >= 11 is 6.49. The van der Waals surface area contributed by atoms with Crippen LogP contribution in [0.1, 0.15) is 22.4 Å². The van der Waals surface area contributed by atoms with Crippen LogP contribution in [0.3, 0.4) is 0 Å². The highest BCUT2D eigenvalue weighted by Crippen LogP contribution is 2.44. The molecule has 3 rings (SSSR count). The van der Waals surface area contributed by atoms with E-state index in [1.165, 1.54) is 12.1 Å². The minimum atomic E-state index is -0.245. The lowest BCUT2D eigenvalue weighted by Crippen LogP contribution is -2.08. The predicted molar refractivity (Wildman–Crippen MR) is 69.7 cm³/mol. The number of benzene rings is 2. The maximum atomic E-state index is 12.9. The normalized spacial score (nSPS) is 19.1. The van der Waals surface area contributed by atoms with Gasteiger partial charge in [-0.2, -0.15) is 0 Å². The fourth-order valence-electron chi connectivity index (χ4n) is 2.31. The van der Waals surface area contributed by atoms with E-state index in [-0.39, 0.29) is 17.1 Å². The van der Waals surface area contributed by atoms with Gasteiger partial charge < -0.3 is 4.74 Å². The number of para-hydroxylation sites is 1. The van der Waals surface area contributed by atoms with E-state index in [2.05, 4.69) is 0 Å². The second kappa shape index (κ2) is 4.62. The molecule has 1 aliphatic rings. The quantitative estimate of drug-likeness (QED) is 0.734. The van der Waals surface area contributed by atoms with E-state index in [9.17, 15) is 4.39 Å². The highest BCUT2D eigenvalue weighted by atomic mass is 35.5. The Balaban J connectivity index is 1.90. The van der Waals surface area contributed by atoms with Gasteiger partial charge in [0.1, 0.15) is 11.6 Å². The number of hydrogen-bond acceptors (Lipinski definition) is 1. The van der Waals surface area contributed by atoms with Crippen LogP contribution in [-0.2, 0) is 0 Å². The number of rotatable bonds is 2. The number of halogens is 2. The first-order valence-electron chi connectivity index (χ1n) is 5.87. The van der Waals surface area contributed by atoms with Crippen LogP contribution in [0.25, 0.3) is 0 Å². The molecule has 1 heterocycles. The topological polar surface area (TPSA) is 9.23 Å². The first kappa shape index (κ1) is 11.5. The second-order valence-corrected chi connectivity index (χ2v) is 4.88. The minimum absolute atomic E-state index is 0.119. The van der Waals surface area contributed by atoms with E-state index >= 15 is 0 Å². The van der Waals surface area contributed by atoms with Gasteiger partial charge in [-0.1, -0.05) is 30.3 Å². The molecule has 0 N–H and O–H groups in total. The zero-order valence-electron chi connectivity index (χ0n) is 9.64. The van der Waals surface area contributed by atoms with Crippen molar-refractivity contribution in [2.24, 2.45) is 0 Å².